The number of hydrogen-bond acceptors (Lipinski definition) is 4. The summed E-state index contributed by atoms with van der Waals surface area (Å²) in [6.07, 6.45) is 0.994. The van der Waals surface area contributed by atoms with E-state index in [-0.39, 0.29) is 12.2 Å². The topological polar surface area (TPSA) is 84.2 Å². The molecule has 1 aromatic rings. The lowest BCUT2D eigenvalue weighted by Gasteiger charge is -2.08. The molecule has 1 aliphatic heterocycles. The van der Waals surface area contributed by atoms with Gasteiger partial charge in [0.2, 0.25) is 0 Å². The Morgan fingerprint density at radius 3 is 3.23 bits per heavy atom. The molecule has 0 spiro atoms. The molecule has 1 amide bonds. The number of cyclic esters (lactones) is 1. The van der Waals surface area contributed by atoms with Crippen LogP contribution in [0.15, 0.2) is 12.3 Å². The number of nitrogens with one attached hydrogen (secondary N) is 1. The van der Waals surface area contributed by atoms with Crippen LogP contribution in [0, 0.1) is 0 Å². The van der Waals surface area contributed by atoms with E-state index in [2.05, 4.69) is 10.2 Å². The molecule has 1 fully saturated rings. The van der Waals surface area contributed by atoms with Gasteiger partial charge in [-0.05, 0) is 0 Å². The quantitative estimate of drug-likeness (QED) is 0.657. The minimum atomic E-state index is -0.375. The van der Waals surface area contributed by atoms with Gasteiger partial charge in [-0.25, -0.2) is 4.79 Å². The molecule has 2 heterocycles. The van der Waals surface area contributed by atoms with Crippen molar-refractivity contribution in [3.8, 4) is 0 Å². The molecule has 1 aromatic heterocycles. The second-order valence-corrected chi connectivity index (χ2v) is 2.79. The number of rotatable bonds is 2. The lowest BCUT2D eigenvalue weighted by atomic mass is 10.3. The second-order valence-electron chi connectivity index (χ2n) is 2.79. The van der Waals surface area contributed by atoms with Crippen molar-refractivity contribution in [2.24, 2.45) is 5.73 Å². The van der Waals surface area contributed by atoms with Crippen LogP contribution in [-0.4, -0.2) is 35.5 Å². The van der Waals surface area contributed by atoms with Gasteiger partial charge in [0, 0.05) is 12.6 Å². The molecule has 0 radical (unpaired) electrons. The van der Waals surface area contributed by atoms with Crippen LogP contribution in [0.3, 0.4) is 0 Å². The number of aromatic nitrogens is 2. The third-order valence-corrected chi connectivity index (χ3v) is 1.91. The fourth-order valence-electron chi connectivity index (χ4n) is 1.24. The first-order chi connectivity index (χ1) is 6.31. The Balaban J connectivity index is 2.14. The Kier molecular flexibility index (Phi) is 1.90. The Morgan fingerprint density at radius 2 is 2.69 bits per heavy atom. The summed E-state index contributed by atoms with van der Waals surface area (Å²) in [5.74, 6) is 0.640. The van der Waals surface area contributed by atoms with Crippen LogP contribution >= 0.6 is 0 Å². The van der Waals surface area contributed by atoms with Gasteiger partial charge in [0.25, 0.3) is 0 Å². The van der Waals surface area contributed by atoms with E-state index in [9.17, 15) is 4.79 Å². The highest BCUT2D eigenvalue weighted by Crippen LogP contribution is 2.17. The number of carbonyl (C=O) groups is 1. The molecule has 1 atom stereocenters. The fourth-order valence-corrected chi connectivity index (χ4v) is 1.24. The number of H-pyrrole nitrogens is 1. The Bertz CT molecular complexity index is 297. The predicted molar refractivity (Wildman–Crippen MR) is 45.3 cm³/mol. The zero-order valence-corrected chi connectivity index (χ0v) is 6.93. The molecule has 70 valence electrons. The van der Waals surface area contributed by atoms with Gasteiger partial charge in [-0.1, -0.05) is 0 Å². The van der Waals surface area contributed by atoms with Crippen molar-refractivity contribution in [2.45, 2.75) is 6.10 Å². The van der Waals surface area contributed by atoms with Crippen LogP contribution in [0.1, 0.15) is 0 Å². The summed E-state index contributed by atoms with van der Waals surface area (Å²) in [7, 11) is 0. The summed E-state index contributed by atoms with van der Waals surface area (Å²) in [4.78, 5) is 12.7. The van der Waals surface area contributed by atoms with Crippen LogP contribution in [-0.2, 0) is 4.74 Å². The molecule has 2 rings (SSSR count). The first-order valence-corrected chi connectivity index (χ1v) is 3.99. The Hall–Kier alpha value is -1.56. The van der Waals surface area contributed by atoms with E-state index in [1.54, 1.807) is 12.3 Å². The minimum absolute atomic E-state index is 0.212. The zero-order valence-electron chi connectivity index (χ0n) is 6.93. The zero-order chi connectivity index (χ0) is 9.26. The summed E-state index contributed by atoms with van der Waals surface area (Å²) < 4.78 is 4.96. The van der Waals surface area contributed by atoms with Crippen molar-refractivity contribution < 1.29 is 9.53 Å². The molecule has 0 aromatic carbocycles. The molecule has 6 nitrogen and oxygen atoms in total. The van der Waals surface area contributed by atoms with Gasteiger partial charge in [-0.2, -0.15) is 5.10 Å². The van der Waals surface area contributed by atoms with E-state index in [0.717, 1.165) is 0 Å². The maximum Gasteiger partial charge on any atom is 0.415 e. The van der Waals surface area contributed by atoms with Gasteiger partial charge in [-0.3, -0.25) is 10.00 Å². The van der Waals surface area contributed by atoms with E-state index in [4.69, 9.17) is 10.5 Å². The average molecular weight is 182 g/mol. The van der Waals surface area contributed by atoms with E-state index >= 15 is 0 Å². The number of anilines is 1. The number of nitrogens with two attached hydrogens (primary N) is 1. The average Bonchev–Trinajstić information content (AvgIpc) is 2.72. The summed E-state index contributed by atoms with van der Waals surface area (Å²) in [6.45, 7) is 0.827. The van der Waals surface area contributed by atoms with Crippen molar-refractivity contribution >= 4 is 11.9 Å². The van der Waals surface area contributed by atoms with E-state index < -0.39 is 0 Å². The first kappa shape index (κ1) is 8.06. The number of ether oxygens (including phenoxy) is 1. The van der Waals surface area contributed by atoms with Crippen molar-refractivity contribution in [3.05, 3.63) is 12.3 Å². The number of hydrogen-bond donors (Lipinski definition) is 2. The number of nitrogens with zero attached hydrogens (tertiary/aromatic N) is 2. The smallest absolute Gasteiger partial charge is 0.415 e. The summed E-state index contributed by atoms with van der Waals surface area (Å²) in [6, 6.07) is 1.71. The standard InChI is InChI=1S/C7H10N4O2/c8-3-5-4-11(7(12)13-5)6-1-2-9-10-6/h1-2,5H,3-4,8H2,(H,9,10). The Labute approximate surface area is 74.7 Å². The highest BCUT2D eigenvalue weighted by molar-refractivity contribution is 5.88. The van der Waals surface area contributed by atoms with Gasteiger partial charge in [0.1, 0.15) is 11.9 Å². The van der Waals surface area contributed by atoms with Crippen molar-refractivity contribution in [3.63, 3.8) is 0 Å². The maximum atomic E-state index is 11.2. The maximum absolute atomic E-state index is 11.2. The van der Waals surface area contributed by atoms with Crippen molar-refractivity contribution in [1.29, 1.82) is 0 Å². The monoisotopic (exact) mass is 182 g/mol. The minimum Gasteiger partial charge on any atom is -0.443 e. The van der Waals surface area contributed by atoms with Gasteiger partial charge in [0.05, 0.1) is 12.7 Å². The fraction of sp³-hybridized carbons (Fsp3) is 0.429. The van der Waals surface area contributed by atoms with Crippen LogP contribution in [0.2, 0.25) is 0 Å². The van der Waals surface area contributed by atoms with Crippen LogP contribution in [0.5, 0.6) is 0 Å². The van der Waals surface area contributed by atoms with E-state index in [1.807, 2.05) is 0 Å². The molecule has 1 aliphatic rings. The molecular formula is C7H10N4O2. The summed E-state index contributed by atoms with van der Waals surface area (Å²) >= 11 is 0. The third-order valence-electron chi connectivity index (χ3n) is 1.91. The van der Waals surface area contributed by atoms with Gasteiger partial charge in [0.15, 0.2) is 0 Å². The third kappa shape index (κ3) is 1.35. The van der Waals surface area contributed by atoms with Crippen LogP contribution in [0.4, 0.5) is 10.6 Å². The SMILES string of the molecule is NCC1CN(c2ccn[nH]2)C(=O)O1. The van der Waals surface area contributed by atoms with Crippen molar-refractivity contribution in [1.82, 2.24) is 10.2 Å². The van der Waals surface area contributed by atoms with Crippen LogP contribution < -0.4 is 10.6 Å². The number of carbonyl (C=O) groups excluding carboxylic acids is 1. The molecule has 1 saturated heterocycles. The van der Waals surface area contributed by atoms with E-state index in [0.29, 0.717) is 18.9 Å². The van der Waals surface area contributed by atoms with Gasteiger partial charge in [-0.15, -0.1) is 0 Å². The van der Waals surface area contributed by atoms with Gasteiger partial charge >= 0.3 is 6.09 Å². The molecule has 0 bridgehead atoms. The molecule has 6 heteroatoms. The molecule has 0 saturated carbocycles. The molecule has 13 heavy (non-hydrogen) atoms. The molecule has 0 aliphatic carbocycles. The van der Waals surface area contributed by atoms with Crippen LogP contribution in [0.25, 0.3) is 0 Å². The normalized spacial score (nSPS) is 22.1. The number of amides is 1. The van der Waals surface area contributed by atoms with E-state index in [1.165, 1.54) is 4.90 Å². The van der Waals surface area contributed by atoms with Crippen molar-refractivity contribution in [2.75, 3.05) is 18.0 Å². The summed E-state index contributed by atoms with van der Waals surface area (Å²) in [5.41, 5.74) is 5.38. The molecule has 3 N–H and O–H groups in total. The summed E-state index contributed by atoms with van der Waals surface area (Å²) in [5, 5.41) is 6.43. The highest BCUT2D eigenvalue weighted by Gasteiger charge is 2.31. The second kappa shape index (κ2) is 3.06. The highest BCUT2D eigenvalue weighted by atomic mass is 16.6. The number of aromatic amines is 1. The Morgan fingerprint density at radius 1 is 1.85 bits per heavy atom. The molecular weight excluding hydrogens is 172 g/mol. The largest absolute Gasteiger partial charge is 0.443 e. The predicted octanol–water partition coefficient (Wildman–Crippen LogP) is -0.306. The lowest BCUT2D eigenvalue weighted by Crippen LogP contribution is -2.27. The van der Waals surface area contributed by atoms with Gasteiger partial charge < -0.3 is 10.5 Å². The lowest BCUT2D eigenvalue weighted by molar-refractivity contribution is 0.145. The first-order valence-electron chi connectivity index (χ1n) is 3.99. The molecule has 1 unspecified atom stereocenters.